The maximum atomic E-state index is 13.3. The van der Waals surface area contributed by atoms with Gasteiger partial charge in [0.15, 0.2) is 0 Å². The highest BCUT2D eigenvalue weighted by atomic mass is 16.4. The lowest BCUT2D eigenvalue weighted by molar-refractivity contribution is -0.207. The highest BCUT2D eigenvalue weighted by molar-refractivity contribution is 5.90. The van der Waals surface area contributed by atoms with Gasteiger partial charge in [-0.2, -0.15) is 0 Å². The van der Waals surface area contributed by atoms with E-state index < -0.39 is 24.1 Å². The van der Waals surface area contributed by atoms with Gasteiger partial charge in [-0.25, -0.2) is 0 Å². The number of carboxylic acids is 2. The van der Waals surface area contributed by atoms with Crippen molar-refractivity contribution < 1.29 is 39.9 Å². The lowest BCUT2D eigenvalue weighted by atomic mass is 9.43. The fourth-order valence-electron chi connectivity index (χ4n) is 12.4. The van der Waals surface area contributed by atoms with Crippen molar-refractivity contribution in [3.63, 3.8) is 0 Å². The Hall–Kier alpha value is -2.65. The van der Waals surface area contributed by atoms with Gasteiger partial charge in [-0.3, -0.25) is 24.2 Å². The molecule has 1 heterocycles. The highest BCUT2D eigenvalue weighted by Crippen LogP contribution is 2.68. The van der Waals surface area contributed by atoms with E-state index in [2.05, 4.69) is 41.2 Å². The maximum Gasteiger partial charge on any atom is 0.317 e. The molecule has 1 saturated heterocycles. The molecule has 7 N–H and O–H groups in total. The minimum absolute atomic E-state index is 0.00475. The van der Waals surface area contributed by atoms with Crippen LogP contribution in [0.2, 0.25) is 0 Å². The molecule has 6 rings (SSSR count). The molecule has 0 bridgehead atoms. The van der Waals surface area contributed by atoms with Crippen molar-refractivity contribution in [1.29, 1.82) is 0 Å². The third-order valence-electron chi connectivity index (χ3n) is 15.8. The minimum atomic E-state index is -0.924. The number of likely N-dealkylation sites (N-methyl/N-ethyl adjacent to an activating group) is 1. The van der Waals surface area contributed by atoms with Gasteiger partial charge in [-0.15, -0.1) is 0 Å². The van der Waals surface area contributed by atoms with Crippen LogP contribution in [0.15, 0.2) is 24.3 Å². The van der Waals surface area contributed by atoms with Crippen LogP contribution in [0.5, 0.6) is 0 Å². The molecule has 12 atom stereocenters. The van der Waals surface area contributed by atoms with E-state index in [0.29, 0.717) is 57.0 Å². The van der Waals surface area contributed by atoms with Gasteiger partial charge in [0.25, 0.3) is 0 Å². The molecular weight excluding hydrogens is 727 g/mol. The van der Waals surface area contributed by atoms with E-state index in [-0.39, 0.29) is 71.6 Å². The number of aliphatic hydroxyl groups is 3. The zero-order chi connectivity index (χ0) is 41.1. The summed E-state index contributed by atoms with van der Waals surface area (Å²) in [6, 6.07) is 7.60. The summed E-state index contributed by atoms with van der Waals surface area (Å²) in [5, 5.41) is 59.0. The maximum absolute atomic E-state index is 13.3. The number of aliphatic hydroxyl groups excluding tert-OH is 3. The van der Waals surface area contributed by atoms with E-state index in [4.69, 9.17) is 0 Å². The summed E-state index contributed by atoms with van der Waals surface area (Å²) >= 11 is 0. The number of aliphatic carboxylic acids is 2. The van der Waals surface area contributed by atoms with Crippen LogP contribution < -0.4 is 10.6 Å². The fraction of sp³-hybridized carbons (Fsp3) is 0.795. The van der Waals surface area contributed by atoms with E-state index in [9.17, 15) is 39.9 Å². The van der Waals surface area contributed by atoms with Gasteiger partial charge in [-0.05, 0) is 129 Å². The molecule has 5 aliphatic rings. The van der Waals surface area contributed by atoms with E-state index in [1.165, 1.54) is 0 Å². The standard InChI is InChI=1S/C44H71N5O8/c1-28(34-10-11-35-42-36(24-38(52)44(34,35)3)43(2)14-13-33(50)22-30(43)23-37(42)51)5-12-39(53)46-31-8-6-29(7-9-31)21-32(45-25-40(54)55)26-48-17-15-47(4)16-18-49(20-19-48)27-41(56)57/h6-9,28,30,32-38,42,45,50-52H,5,10-27H2,1-4H3,(H,46,53)(H,54,55)(H,56,57)/t28?,30?,32?,33-,34?,35?,36?,37?,38+,42?,43+,44-/m1/s1. The molecule has 1 aromatic rings. The summed E-state index contributed by atoms with van der Waals surface area (Å²) in [5.74, 6) is -0.326. The van der Waals surface area contributed by atoms with Crippen LogP contribution >= 0.6 is 0 Å². The second-order valence-electron chi connectivity index (χ2n) is 19.2. The Morgan fingerprint density at radius 3 is 2.25 bits per heavy atom. The van der Waals surface area contributed by atoms with E-state index in [1.807, 2.05) is 36.2 Å². The molecule has 0 radical (unpaired) electrons. The Labute approximate surface area is 339 Å². The summed E-state index contributed by atoms with van der Waals surface area (Å²) < 4.78 is 0. The Bertz CT molecular complexity index is 1530. The van der Waals surface area contributed by atoms with Crippen molar-refractivity contribution >= 4 is 23.5 Å². The van der Waals surface area contributed by atoms with E-state index >= 15 is 0 Å². The first kappa shape index (κ1) is 43.9. The van der Waals surface area contributed by atoms with Crippen LogP contribution in [0, 0.1) is 46.3 Å². The number of rotatable bonds is 14. The molecule has 13 nitrogen and oxygen atoms in total. The van der Waals surface area contributed by atoms with Crippen molar-refractivity contribution in [1.82, 2.24) is 20.0 Å². The fourth-order valence-corrected chi connectivity index (χ4v) is 12.4. The monoisotopic (exact) mass is 798 g/mol. The SMILES string of the molecule is CC(CCC(=O)Nc1ccc(CC(CN2CCN(C)CCN(CC(=O)O)CC2)NCC(=O)O)cc1)C1CCC2C3C(O)CC4C[C@H](O)CC[C@]4(C)C3C[C@H](O)[C@]12C. The van der Waals surface area contributed by atoms with Gasteiger partial charge in [0.05, 0.1) is 31.4 Å². The van der Waals surface area contributed by atoms with Crippen LogP contribution in [0.4, 0.5) is 5.69 Å². The third kappa shape index (κ3) is 10.2. The predicted octanol–water partition coefficient (Wildman–Crippen LogP) is 3.22. The van der Waals surface area contributed by atoms with Gasteiger partial charge in [0.2, 0.25) is 5.91 Å². The number of hydrogen-bond acceptors (Lipinski definition) is 10. The summed E-state index contributed by atoms with van der Waals surface area (Å²) in [7, 11) is 2.03. The highest BCUT2D eigenvalue weighted by Gasteiger charge is 2.65. The lowest BCUT2D eigenvalue weighted by Crippen LogP contribution is -2.62. The lowest BCUT2D eigenvalue weighted by Gasteiger charge is -2.63. The summed E-state index contributed by atoms with van der Waals surface area (Å²) in [4.78, 5) is 42.6. The first-order valence-corrected chi connectivity index (χ1v) is 21.8. The largest absolute Gasteiger partial charge is 0.480 e. The molecule has 4 saturated carbocycles. The van der Waals surface area contributed by atoms with Gasteiger partial charge in [0, 0.05) is 64.0 Å². The third-order valence-corrected chi connectivity index (χ3v) is 15.8. The number of nitrogens with one attached hydrogen (secondary N) is 2. The zero-order valence-corrected chi connectivity index (χ0v) is 34.8. The van der Waals surface area contributed by atoms with Crippen molar-refractivity contribution in [3.8, 4) is 0 Å². The molecule has 1 amide bonds. The van der Waals surface area contributed by atoms with Crippen molar-refractivity contribution in [2.45, 2.75) is 109 Å². The van der Waals surface area contributed by atoms with Gasteiger partial charge >= 0.3 is 11.9 Å². The summed E-state index contributed by atoms with van der Waals surface area (Å²) in [6.07, 6.45) is 6.52. The average Bonchev–Trinajstić information content (AvgIpc) is 3.55. The Morgan fingerprint density at radius 2 is 1.54 bits per heavy atom. The Kier molecular flexibility index (Phi) is 14.4. The molecule has 0 spiro atoms. The number of amides is 1. The molecule has 4 aliphatic carbocycles. The Balaban J connectivity index is 1.01. The van der Waals surface area contributed by atoms with E-state index in [1.54, 1.807) is 0 Å². The first-order valence-electron chi connectivity index (χ1n) is 21.8. The second-order valence-corrected chi connectivity index (χ2v) is 19.2. The number of carbonyl (C=O) groups is 3. The molecule has 57 heavy (non-hydrogen) atoms. The summed E-state index contributed by atoms with van der Waals surface area (Å²) in [5.41, 5.74) is 1.47. The number of carboxylic acid groups (broad SMARTS) is 2. The van der Waals surface area contributed by atoms with Gasteiger partial charge in [0.1, 0.15) is 0 Å². The molecule has 0 aromatic heterocycles. The van der Waals surface area contributed by atoms with Gasteiger partial charge < -0.3 is 41.1 Å². The number of carbonyl (C=O) groups excluding carboxylic acids is 1. The number of nitrogens with zero attached hydrogens (tertiary/aromatic N) is 3. The topological polar surface area (TPSA) is 186 Å². The quantitative estimate of drug-likeness (QED) is 0.146. The smallest absolute Gasteiger partial charge is 0.317 e. The second kappa shape index (κ2) is 18.7. The number of hydrogen-bond donors (Lipinski definition) is 7. The van der Waals surface area contributed by atoms with Crippen molar-refractivity contribution in [2.75, 3.05) is 71.3 Å². The summed E-state index contributed by atoms with van der Waals surface area (Å²) in [6.45, 7) is 11.7. The first-order chi connectivity index (χ1) is 27.1. The van der Waals surface area contributed by atoms with Crippen LogP contribution in [-0.2, 0) is 20.8 Å². The van der Waals surface area contributed by atoms with Crippen LogP contribution in [0.3, 0.4) is 0 Å². The molecule has 1 aliphatic heterocycles. The normalized spacial score (nSPS) is 36.4. The molecule has 1 aromatic carbocycles. The molecule has 320 valence electrons. The number of benzene rings is 1. The van der Waals surface area contributed by atoms with E-state index in [0.717, 1.165) is 70.1 Å². The van der Waals surface area contributed by atoms with Crippen molar-refractivity contribution in [3.05, 3.63) is 29.8 Å². The zero-order valence-electron chi connectivity index (χ0n) is 34.8. The predicted molar refractivity (Wildman–Crippen MR) is 219 cm³/mol. The molecule has 5 fully saturated rings. The van der Waals surface area contributed by atoms with Gasteiger partial charge in [-0.1, -0.05) is 32.9 Å². The molecule has 13 heteroatoms. The average molecular weight is 798 g/mol. The van der Waals surface area contributed by atoms with Crippen LogP contribution in [0.25, 0.3) is 0 Å². The van der Waals surface area contributed by atoms with Crippen LogP contribution in [-0.4, -0.2) is 148 Å². The number of fused-ring (bicyclic) bond motifs is 5. The van der Waals surface area contributed by atoms with Crippen LogP contribution in [0.1, 0.15) is 84.1 Å². The minimum Gasteiger partial charge on any atom is -0.480 e. The number of anilines is 1. The molecular formula is C44H71N5O8. The van der Waals surface area contributed by atoms with Crippen molar-refractivity contribution in [2.24, 2.45) is 46.3 Å². The molecule has 8 unspecified atom stereocenters. The Morgan fingerprint density at radius 1 is 0.860 bits per heavy atom.